The van der Waals surface area contributed by atoms with Crippen LogP contribution >= 0.6 is 0 Å². The average molecular weight is 293 g/mol. The fourth-order valence-electron chi connectivity index (χ4n) is 2.46. The smallest absolute Gasteiger partial charge is 0.226 e. The number of nitrogens with one attached hydrogen (secondary N) is 1. The number of piperidine rings is 1. The molecule has 0 unspecified atom stereocenters. The zero-order chi connectivity index (χ0) is 16.0. The Hall–Kier alpha value is -1.75. The average Bonchev–Trinajstić information content (AvgIpc) is 2.36. The van der Waals surface area contributed by atoms with Gasteiger partial charge in [-0.05, 0) is 19.3 Å². The van der Waals surface area contributed by atoms with E-state index in [1.54, 1.807) is 19.1 Å². The number of imide groups is 1. The highest BCUT2D eigenvalue weighted by Gasteiger charge is 2.27. The minimum Gasteiger partial charge on any atom is -0.393 e. The van der Waals surface area contributed by atoms with E-state index in [2.05, 4.69) is 11.9 Å². The van der Waals surface area contributed by atoms with E-state index in [1.807, 2.05) is 6.92 Å². The standard InChI is InChI=1S/C16H23NO4/c1-4-10(2)5-11(3)14(19)9-13(18)6-12-7-15(20)17-16(21)8-12/h4-5,11-13,18H,1,6-9H2,2-3H3,(H,17,20,21)/b10-5+/t11-,13+/m0/s1. The van der Waals surface area contributed by atoms with Crippen LogP contribution in [-0.2, 0) is 14.4 Å². The Kier molecular flexibility index (Phi) is 6.49. The molecule has 0 radical (unpaired) electrons. The summed E-state index contributed by atoms with van der Waals surface area (Å²) in [6, 6.07) is 0. The lowest BCUT2D eigenvalue weighted by molar-refractivity contribution is -0.135. The van der Waals surface area contributed by atoms with E-state index in [1.165, 1.54) is 0 Å². The zero-order valence-corrected chi connectivity index (χ0v) is 12.6. The van der Waals surface area contributed by atoms with Gasteiger partial charge in [-0.2, -0.15) is 0 Å². The van der Waals surface area contributed by atoms with Gasteiger partial charge in [0.25, 0.3) is 0 Å². The second-order valence-electron chi connectivity index (χ2n) is 5.71. The molecule has 5 nitrogen and oxygen atoms in total. The van der Waals surface area contributed by atoms with Gasteiger partial charge in [-0.3, -0.25) is 19.7 Å². The normalized spacial score (nSPS) is 19.9. The van der Waals surface area contributed by atoms with Crippen LogP contribution in [0.4, 0.5) is 0 Å². The van der Waals surface area contributed by atoms with Crippen LogP contribution in [0, 0.1) is 11.8 Å². The molecule has 116 valence electrons. The molecule has 0 aromatic carbocycles. The van der Waals surface area contributed by atoms with E-state index in [-0.39, 0.29) is 48.7 Å². The third-order valence-corrected chi connectivity index (χ3v) is 3.61. The third-order valence-electron chi connectivity index (χ3n) is 3.61. The van der Waals surface area contributed by atoms with E-state index < -0.39 is 6.10 Å². The van der Waals surface area contributed by atoms with Gasteiger partial charge in [-0.25, -0.2) is 0 Å². The summed E-state index contributed by atoms with van der Waals surface area (Å²) in [7, 11) is 0. The SMILES string of the molecule is C=C/C(C)=C/[C@H](C)C(=O)C[C@H](O)CC1CC(=O)NC(=O)C1. The lowest BCUT2D eigenvalue weighted by Crippen LogP contribution is -2.39. The number of carbonyl (C=O) groups excluding carboxylic acids is 3. The van der Waals surface area contributed by atoms with Crippen LogP contribution in [0.1, 0.15) is 39.5 Å². The van der Waals surface area contributed by atoms with Gasteiger partial charge in [-0.15, -0.1) is 0 Å². The molecule has 1 heterocycles. The monoisotopic (exact) mass is 293 g/mol. The third kappa shape index (κ3) is 6.04. The van der Waals surface area contributed by atoms with Gasteiger partial charge in [0.2, 0.25) is 11.8 Å². The second kappa shape index (κ2) is 7.88. The van der Waals surface area contributed by atoms with E-state index in [0.717, 1.165) is 5.57 Å². The first kappa shape index (κ1) is 17.3. The minimum absolute atomic E-state index is 0.0361. The molecule has 2 atom stereocenters. The predicted octanol–water partition coefficient (Wildman–Crippen LogP) is 1.52. The summed E-state index contributed by atoms with van der Waals surface area (Å²) in [6.45, 7) is 7.26. The number of amides is 2. The Labute approximate surface area is 125 Å². The van der Waals surface area contributed by atoms with Crippen molar-refractivity contribution in [2.45, 2.75) is 45.6 Å². The molecule has 1 saturated heterocycles. The van der Waals surface area contributed by atoms with Gasteiger partial charge >= 0.3 is 0 Å². The van der Waals surface area contributed by atoms with E-state index in [4.69, 9.17) is 0 Å². The van der Waals surface area contributed by atoms with Crippen LogP contribution in [-0.4, -0.2) is 28.8 Å². The molecule has 5 heteroatoms. The molecular weight excluding hydrogens is 270 g/mol. The van der Waals surface area contributed by atoms with Crippen molar-refractivity contribution in [2.24, 2.45) is 11.8 Å². The van der Waals surface area contributed by atoms with Crippen LogP contribution in [0.15, 0.2) is 24.3 Å². The Morgan fingerprint density at radius 1 is 1.43 bits per heavy atom. The first-order valence-corrected chi connectivity index (χ1v) is 7.16. The summed E-state index contributed by atoms with van der Waals surface area (Å²) in [5.74, 6) is -1.15. The Bertz CT molecular complexity index is 451. The lowest BCUT2D eigenvalue weighted by atomic mass is 9.88. The molecule has 21 heavy (non-hydrogen) atoms. The van der Waals surface area contributed by atoms with Gasteiger partial charge < -0.3 is 5.11 Å². The minimum atomic E-state index is -0.818. The lowest BCUT2D eigenvalue weighted by Gasteiger charge is -2.23. The first-order chi connectivity index (χ1) is 9.81. The van der Waals surface area contributed by atoms with Crippen LogP contribution in [0.25, 0.3) is 0 Å². The highest BCUT2D eigenvalue weighted by molar-refractivity contribution is 5.97. The topological polar surface area (TPSA) is 83.5 Å². The Morgan fingerprint density at radius 2 is 2.00 bits per heavy atom. The number of Topliss-reactive ketones (excluding diaryl/α,β-unsaturated/α-hetero) is 1. The first-order valence-electron chi connectivity index (χ1n) is 7.16. The largest absolute Gasteiger partial charge is 0.393 e. The maximum Gasteiger partial charge on any atom is 0.226 e. The van der Waals surface area contributed by atoms with Gasteiger partial charge in [0.15, 0.2) is 0 Å². The molecule has 1 rings (SSSR count). The Balaban J connectivity index is 2.47. The molecule has 0 spiro atoms. The highest BCUT2D eigenvalue weighted by atomic mass is 16.3. The van der Waals surface area contributed by atoms with Crippen molar-refractivity contribution in [1.82, 2.24) is 5.32 Å². The van der Waals surface area contributed by atoms with E-state index in [0.29, 0.717) is 6.42 Å². The number of carbonyl (C=O) groups is 3. The van der Waals surface area contributed by atoms with Crippen molar-refractivity contribution >= 4 is 17.6 Å². The summed E-state index contributed by atoms with van der Waals surface area (Å²) < 4.78 is 0. The molecule has 0 aromatic heterocycles. The van der Waals surface area contributed by atoms with Crippen molar-refractivity contribution in [3.8, 4) is 0 Å². The van der Waals surface area contributed by atoms with Gasteiger partial charge in [-0.1, -0.05) is 31.2 Å². The summed E-state index contributed by atoms with van der Waals surface area (Å²) in [6.07, 6.45) is 3.44. The maximum atomic E-state index is 12.0. The molecule has 2 N–H and O–H groups in total. The number of aliphatic hydroxyl groups is 1. The predicted molar refractivity (Wildman–Crippen MR) is 79.2 cm³/mol. The molecule has 1 fully saturated rings. The molecule has 1 aliphatic rings. The molecule has 0 bridgehead atoms. The highest BCUT2D eigenvalue weighted by Crippen LogP contribution is 2.21. The van der Waals surface area contributed by atoms with Gasteiger partial charge in [0.1, 0.15) is 5.78 Å². The van der Waals surface area contributed by atoms with E-state index >= 15 is 0 Å². The van der Waals surface area contributed by atoms with Crippen LogP contribution in [0.3, 0.4) is 0 Å². The molecule has 1 aliphatic heterocycles. The van der Waals surface area contributed by atoms with E-state index in [9.17, 15) is 19.5 Å². The number of ketones is 1. The van der Waals surface area contributed by atoms with Gasteiger partial charge in [0.05, 0.1) is 6.10 Å². The molecule has 0 saturated carbocycles. The number of allylic oxidation sites excluding steroid dienone is 3. The van der Waals surface area contributed by atoms with Crippen molar-refractivity contribution in [3.05, 3.63) is 24.3 Å². The molecule has 2 amide bonds. The van der Waals surface area contributed by atoms with Crippen molar-refractivity contribution < 1.29 is 19.5 Å². The fourth-order valence-corrected chi connectivity index (χ4v) is 2.46. The van der Waals surface area contributed by atoms with Crippen LogP contribution in [0.2, 0.25) is 0 Å². The van der Waals surface area contributed by atoms with Crippen LogP contribution < -0.4 is 5.32 Å². The van der Waals surface area contributed by atoms with Crippen molar-refractivity contribution in [3.63, 3.8) is 0 Å². The quantitative estimate of drug-likeness (QED) is 0.550. The number of hydrogen-bond donors (Lipinski definition) is 2. The molecular formula is C16H23NO4. The summed E-state index contributed by atoms with van der Waals surface area (Å²) >= 11 is 0. The fraction of sp³-hybridized carbons (Fsp3) is 0.562. The molecule has 0 aromatic rings. The molecule has 0 aliphatic carbocycles. The number of aliphatic hydroxyl groups excluding tert-OH is 1. The zero-order valence-electron chi connectivity index (χ0n) is 12.6. The maximum absolute atomic E-state index is 12.0. The van der Waals surface area contributed by atoms with Crippen LogP contribution in [0.5, 0.6) is 0 Å². The van der Waals surface area contributed by atoms with Crippen molar-refractivity contribution in [1.29, 1.82) is 0 Å². The van der Waals surface area contributed by atoms with Gasteiger partial charge in [0, 0.05) is 25.2 Å². The number of rotatable bonds is 7. The summed E-state index contributed by atoms with van der Waals surface area (Å²) in [4.78, 5) is 34.5. The Morgan fingerprint density at radius 3 is 2.52 bits per heavy atom. The van der Waals surface area contributed by atoms with Crippen molar-refractivity contribution in [2.75, 3.05) is 0 Å². The summed E-state index contributed by atoms with van der Waals surface area (Å²) in [5.41, 5.74) is 0.917. The summed E-state index contributed by atoms with van der Waals surface area (Å²) in [5, 5.41) is 12.2. The second-order valence-corrected chi connectivity index (χ2v) is 5.71. The number of hydrogen-bond acceptors (Lipinski definition) is 4.